The van der Waals surface area contributed by atoms with Crippen LogP contribution in [0.1, 0.15) is 32.8 Å². The summed E-state index contributed by atoms with van der Waals surface area (Å²) >= 11 is 0. The molecule has 6 nitrogen and oxygen atoms in total. The van der Waals surface area contributed by atoms with Crippen LogP contribution < -0.4 is 10.5 Å². The summed E-state index contributed by atoms with van der Waals surface area (Å²) in [5.41, 5.74) is 8.71. The molecule has 3 aromatic rings. The molecule has 134 valence electrons. The van der Waals surface area contributed by atoms with Crippen molar-refractivity contribution in [1.29, 1.82) is 5.26 Å². The summed E-state index contributed by atoms with van der Waals surface area (Å²) in [7, 11) is 0. The zero-order chi connectivity index (χ0) is 18.7. The molecule has 2 heterocycles. The Morgan fingerprint density at radius 3 is 2.85 bits per heavy atom. The van der Waals surface area contributed by atoms with Gasteiger partial charge in [-0.2, -0.15) is 5.26 Å². The maximum Gasteiger partial charge on any atom is 0.141 e. The third kappa shape index (κ3) is 3.84. The van der Waals surface area contributed by atoms with E-state index in [4.69, 9.17) is 10.5 Å². The predicted octanol–water partition coefficient (Wildman–Crippen LogP) is 3.64. The summed E-state index contributed by atoms with van der Waals surface area (Å²) in [6, 6.07) is 9.63. The number of nitrogens with one attached hydrogen (secondary N) is 1. The second kappa shape index (κ2) is 7.14. The van der Waals surface area contributed by atoms with Crippen LogP contribution in [-0.4, -0.2) is 27.1 Å². The number of nitriles is 1. The van der Waals surface area contributed by atoms with Crippen LogP contribution >= 0.6 is 0 Å². The van der Waals surface area contributed by atoms with Gasteiger partial charge in [-0.1, -0.05) is 13.8 Å². The number of benzene rings is 1. The van der Waals surface area contributed by atoms with Crippen LogP contribution in [0.3, 0.4) is 0 Å². The number of hydrogen-bond donors (Lipinski definition) is 2. The Hall–Kier alpha value is -2.91. The van der Waals surface area contributed by atoms with Crippen molar-refractivity contribution in [3.05, 3.63) is 42.4 Å². The molecule has 0 radical (unpaired) electrons. The van der Waals surface area contributed by atoms with Gasteiger partial charge < -0.3 is 15.5 Å². The summed E-state index contributed by atoms with van der Waals surface area (Å²) in [6.45, 7) is 6.58. The largest absolute Gasteiger partial charge is 0.490 e. The van der Waals surface area contributed by atoms with Crippen molar-refractivity contribution in [2.45, 2.75) is 32.7 Å². The Kier molecular flexibility index (Phi) is 4.92. The summed E-state index contributed by atoms with van der Waals surface area (Å²) in [5.74, 6) is 1.02. The van der Waals surface area contributed by atoms with Crippen molar-refractivity contribution in [3.8, 4) is 23.1 Å². The van der Waals surface area contributed by atoms with E-state index in [0.717, 1.165) is 28.7 Å². The number of rotatable bonds is 6. The second-order valence-electron chi connectivity index (χ2n) is 7.33. The number of hydrogen-bond acceptors (Lipinski definition) is 5. The monoisotopic (exact) mass is 349 g/mol. The number of fused-ring (bicyclic) bond motifs is 1. The molecule has 0 unspecified atom stereocenters. The minimum atomic E-state index is -0.441. The van der Waals surface area contributed by atoms with Gasteiger partial charge >= 0.3 is 0 Å². The van der Waals surface area contributed by atoms with Crippen LogP contribution in [0.25, 0.3) is 22.3 Å². The van der Waals surface area contributed by atoms with E-state index >= 15 is 0 Å². The van der Waals surface area contributed by atoms with E-state index in [0.29, 0.717) is 23.8 Å². The number of ether oxygens (including phenoxy) is 1. The predicted molar refractivity (Wildman–Crippen MR) is 102 cm³/mol. The first-order valence-corrected chi connectivity index (χ1v) is 8.64. The maximum absolute atomic E-state index is 9.54. The van der Waals surface area contributed by atoms with Gasteiger partial charge in [0, 0.05) is 22.7 Å². The summed E-state index contributed by atoms with van der Waals surface area (Å²) in [6.07, 6.45) is 4.18. The lowest BCUT2D eigenvalue weighted by atomic mass is 9.93. The van der Waals surface area contributed by atoms with Gasteiger partial charge in [-0.3, -0.25) is 0 Å². The van der Waals surface area contributed by atoms with E-state index < -0.39 is 5.54 Å². The Balaban J connectivity index is 1.87. The molecule has 0 aliphatic carbocycles. The molecule has 0 aliphatic heterocycles. The van der Waals surface area contributed by atoms with Gasteiger partial charge in [-0.25, -0.2) is 9.97 Å². The normalized spacial score (nSPS) is 13.5. The van der Waals surface area contributed by atoms with Gasteiger partial charge in [0.25, 0.3) is 0 Å². The van der Waals surface area contributed by atoms with Crippen molar-refractivity contribution in [1.82, 2.24) is 15.0 Å². The minimum Gasteiger partial charge on any atom is -0.490 e. The maximum atomic E-state index is 9.54. The Morgan fingerprint density at radius 1 is 1.31 bits per heavy atom. The molecular formula is C20H23N5O. The third-order valence-corrected chi connectivity index (χ3v) is 4.16. The van der Waals surface area contributed by atoms with Crippen molar-refractivity contribution >= 4 is 11.0 Å². The first kappa shape index (κ1) is 17.9. The fourth-order valence-corrected chi connectivity index (χ4v) is 3.23. The number of aromatic amines is 1. The lowest BCUT2D eigenvalue weighted by Gasteiger charge is -2.26. The molecule has 3 N–H and O–H groups in total. The first-order chi connectivity index (χ1) is 12.4. The Morgan fingerprint density at radius 2 is 2.12 bits per heavy atom. The average Bonchev–Trinajstić information content (AvgIpc) is 3.07. The molecule has 0 bridgehead atoms. The van der Waals surface area contributed by atoms with Crippen LogP contribution in [0.2, 0.25) is 0 Å². The molecule has 0 spiro atoms. The fraction of sp³-hybridized carbons (Fsp3) is 0.350. The standard InChI is InChI=1S/C20H23N5O/c1-13(2)9-20(3,22)11-26-17-5-4-14(8-15(17)10-21)18-16-6-7-23-19(16)25-12-24-18/h4-8,12-13H,9,11,22H2,1-3H3,(H,23,24,25)/t20-/m0/s1. The summed E-state index contributed by atoms with van der Waals surface area (Å²) in [4.78, 5) is 11.6. The molecular weight excluding hydrogens is 326 g/mol. The van der Waals surface area contributed by atoms with Crippen LogP contribution in [0.4, 0.5) is 0 Å². The lowest BCUT2D eigenvalue weighted by molar-refractivity contribution is 0.206. The molecule has 2 aromatic heterocycles. The van der Waals surface area contributed by atoms with E-state index in [1.165, 1.54) is 6.33 Å². The zero-order valence-electron chi connectivity index (χ0n) is 15.3. The van der Waals surface area contributed by atoms with Gasteiger partial charge in [0.05, 0.1) is 11.3 Å². The van der Waals surface area contributed by atoms with Crippen LogP contribution in [0.15, 0.2) is 36.8 Å². The average molecular weight is 349 g/mol. The first-order valence-electron chi connectivity index (χ1n) is 8.64. The SMILES string of the molecule is CC(C)C[C@](C)(N)COc1ccc(-c2ncnc3[nH]ccc23)cc1C#N. The van der Waals surface area contributed by atoms with Gasteiger partial charge in [0.1, 0.15) is 30.4 Å². The molecule has 1 aromatic carbocycles. The highest BCUT2D eigenvalue weighted by molar-refractivity contribution is 5.90. The molecule has 6 heteroatoms. The molecule has 0 fully saturated rings. The number of nitrogens with zero attached hydrogens (tertiary/aromatic N) is 3. The number of H-pyrrole nitrogens is 1. The third-order valence-electron chi connectivity index (χ3n) is 4.16. The van der Waals surface area contributed by atoms with Crippen LogP contribution in [-0.2, 0) is 0 Å². The Labute approximate surface area is 153 Å². The smallest absolute Gasteiger partial charge is 0.141 e. The van der Waals surface area contributed by atoms with E-state index in [2.05, 4.69) is 34.9 Å². The second-order valence-corrected chi connectivity index (χ2v) is 7.33. The highest BCUT2D eigenvalue weighted by atomic mass is 16.5. The van der Waals surface area contributed by atoms with Crippen molar-refractivity contribution in [2.75, 3.05) is 6.61 Å². The topological polar surface area (TPSA) is 101 Å². The number of nitrogens with two attached hydrogens (primary N) is 1. The zero-order valence-corrected chi connectivity index (χ0v) is 15.3. The van der Waals surface area contributed by atoms with E-state index in [1.807, 2.05) is 25.3 Å². The molecule has 3 rings (SSSR count). The van der Waals surface area contributed by atoms with Gasteiger partial charge in [-0.15, -0.1) is 0 Å². The fourth-order valence-electron chi connectivity index (χ4n) is 3.23. The molecule has 0 saturated carbocycles. The molecule has 0 amide bonds. The highest BCUT2D eigenvalue weighted by Crippen LogP contribution is 2.29. The van der Waals surface area contributed by atoms with Crippen LogP contribution in [0, 0.1) is 17.2 Å². The van der Waals surface area contributed by atoms with E-state index in [9.17, 15) is 5.26 Å². The van der Waals surface area contributed by atoms with E-state index in [1.54, 1.807) is 12.1 Å². The molecule has 0 aliphatic rings. The molecule has 1 atom stereocenters. The Bertz CT molecular complexity index is 952. The highest BCUT2D eigenvalue weighted by Gasteiger charge is 2.22. The van der Waals surface area contributed by atoms with Crippen molar-refractivity contribution in [3.63, 3.8) is 0 Å². The van der Waals surface area contributed by atoms with Crippen molar-refractivity contribution < 1.29 is 4.74 Å². The van der Waals surface area contributed by atoms with Gasteiger partial charge in [-0.05, 0) is 43.5 Å². The van der Waals surface area contributed by atoms with Crippen molar-refractivity contribution in [2.24, 2.45) is 11.7 Å². The van der Waals surface area contributed by atoms with Gasteiger partial charge in [0.2, 0.25) is 0 Å². The summed E-state index contributed by atoms with van der Waals surface area (Å²) < 4.78 is 5.87. The quantitative estimate of drug-likeness (QED) is 0.707. The molecule has 0 saturated heterocycles. The summed E-state index contributed by atoms with van der Waals surface area (Å²) in [5, 5.41) is 10.5. The van der Waals surface area contributed by atoms with E-state index in [-0.39, 0.29) is 0 Å². The lowest BCUT2D eigenvalue weighted by Crippen LogP contribution is -2.43. The number of aromatic nitrogens is 3. The van der Waals surface area contributed by atoms with Gasteiger partial charge in [0.15, 0.2) is 0 Å². The van der Waals surface area contributed by atoms with Crippen LogP contribution in [0.5, 0.6) is 5.75 Å². The molecule has 26 heavy (non-hydrogen) atoms. The minimum absolute atomic E-state index is 0.356.